The van der Waals surface area contributed by atoms with Crippen molar-refractivity contribution in [3.05, 3.63) is 35.6 Å². The summed E-state index contributed by atoms with van der Waals surface area (Å²) in [5.74, 6) is -0.655. The Hall–Kier alpha value is -1.38. The first-order valence-corrected chi connectivity index (χ1v) is 7.04. The molecule has 1 aromatic carbocycles. The first-order chi connectivity index (χ1) is 9.08. The molecule has 0 aliphatic heterocycles. The molecule has 2 nitrogen and oxygen atoms in total. The molecule has 1 fully saturated rings. The third-order valence-corrected chi connectivity index (χ3v) is 4.34. The van der Waals surface area contributed by atoms with Gasteiger partial charge in [0.15, 0.2) is 0 Å². The molecule has 0 aromatic heterocycles. The second-order valence-corrected chi connectivity index (χ2v) is 5.76. The normalized spacial score (nSPS) is 24.9. The fraction of sp³-hybridized carbons (Fsp3) is 0.562. The fourth-order valence-electron chi connectivity index (χ4n) is 3.04. The van der Waals surface area contributed by atoms with Crippen molar-refractivity contribution in [2.75, 3.05) is 0 Å². The van der Waals surface area contributed by atoms with Gasteiger partial charge in [-0.25, -0.2) is 4.39 Å². The highest BCUT2D eigenvalue weighted by atomic mass is 19.1. The van der Waals surface area contributed by atoms with Crippen molar-refractivity contribution in [3.63, 3.8) is 0 Å². The van der Waals surface area contributed by atoms with Gasteiger partial charge in [0.05, 0.1) is 5.92 Å². The molecule has 1 N–H and O–H groups in total. The topological polar surface area (TPSA) is 37.3 Å². The Balaban J connectivity index is 2.09. The zero-order chi connectivity index (χ0) is 13.8. The van der Waals surface area contributed by atoms with Gasteiger partial charge in [-0.3, -0.25) is 4.79 Å². The van der Waals surface area contributed by atoms with E-state index >= 15 is 0 Å². The van der Waals surface area contributed by atoms with Crippen LogP contribution in [0.1, 0.15) is 38.2 Å². The monoisotopic (exact) mass is 264 g/mol. The van der Waals surface area contributed by atoms with Crippen LogP contribution in [0.5, 0.6) is 0 Å². The fourth-order valence-corrected chi connectivity index (χ4v) is 3.04. The zero-order valence-electron chi connectivity index (χ0n) is 11.3. The molecule has 1 aliphatic carbocycles. The van der Waals surface area contributed by atoms with Crippen molar-refractivity contribution in [2.24, 2.45) is 17.8 Å². The molecule has 0 saturated heterocycles. The molecule has 0 bridgehead atoms. The standard InChI is InChI=1S/C16H21FO2/c1-11-6-8-12(9-7-11)14(16(18)19)10-13-4-2-3-5-15(13)17/h2-5,11-12,14H,6-10H2,1H3,(H,18,19). The maximum absolute atomic E-state index is 13.6. The van der Waals surface area contributed by atoms with Gasteiger partial charge in [0.2, 0.25) is 0 Å². The second kappa shape index (κ2) is 6.18. The summed E-state index contributed by atoms with van der Waals surface area (Å²) < 4.78 is 13.6. The Kier molecular flexibility index (Phi) is 4.56. The van der Waals surface area contributed by atoms with Gasteiger partial charge in [-0.2, -0.15) is 0 Å². The van der Waals surface area contributed by atoms with Gasteiger partial charge in [-0.15, -0.1) is 0 Å². The van der Waals surface area contributed by atoms with Crippen LogP contribution < -0.4 is 0 Å². The number of hydrogen-bond acceptors (Lipinski definition) is 1. The summed E-state index contributed by atoms with van der Waals surface area (Å²) in [6.45, 7) is 2.21. The lowest BCUT2D eigenvalue weighted by Crippen LogP contribution is -2.29. The van der Waals surface area contributed by atoms with E-state index in [0.29, 0.717) is 17.9 Å². The van der Waals surface area contributed by atoms with Gasteiger partial charge in [-0.05, 0) is 42.7 Å². The third kappa shape index (κ3) is 3.55. The van der Waals surface area contributed by atoms with Gasteiger partial charge in [-0.1, -0.05) is 38.0 Å². The minimum Gasteiger partial charge on any atom is -0.481 e. The van der Waals surface area contributed by atoms with Crippen LogP contribution in [0.15, 0.2) is 24.3 Å². The average molecular weight is 264 g/mol. The van der Waals surface area contributed by atoms with Crippen LogP contribution in [0, 0.1) is 23.6 Å². The Bertz CT molecular complexity index is 436. The molecule has 0 heterocycles. The first kappa shape index (κ1) is 14.0. The maximum Gasteiger partial charge on any atom is 0.307 e. The van der Waals surface area contributed by atoms with Gasteiger partial charge in [0.25, 0.3) is 0 Å². The van der Waals surface area contributed by atoms with E-state index in [2.05, 4.69) is 6.92 Å². The highest BCUT2D eigenvalue weighted by Crippen LogP contribution is 2.35. The molecule has 0 amide bonds. The smallest absolute Gasteiger partial charge is 0.307 e. The minimum atomic E-state index is -0.789. The SMILES string of the molecule is CC1CCC(C(Cc2ccccc2F)C(=O)O)CC1. The molecule has 104 valence electrons. The number of carboxylic acids is 1. The lowest BCUT2D eigenvalue weighted by atomic mass is 9.74. The predicted octanol–water partition coefficient (Wildman–Crippen LogP) is 3.90. The summed E-state index contributed by atoms with van der Waals surface area (Å²) in [7, 11) is 0. The van der Waals surface area contributed by atoms with E-state index in [1.807, 2.05) is 0 Å². The summed E-state index contributed by atoms with van der Waals surface area (Å²) in [5, 5.41) is 9.42. The summed E-state index contributed by atoms with van der Waals surface area (Å²) in [6, 6.07) is 6.49. The number of halogens is 1. The van der Waals surface area contributed by atoms with Crippen molar-refractivity contribution in [3.8, 4) is 0 Å². The molecule has 3 heteroatoms. The molecule has 1 aliphatic rings. The zero-order valence-corrected chi connectivity index (χ0v) is 11.3. The summed E-state index contributed by atoms with van der Waals surface area (Å²) in [6.07, 6.45) is 4.39. The van der Waals surface area contributed by atoms with E-state index in [0.717, 1.165) is 25.7 Å². The van der Waals surface area contributed by atoms with Crippen molar-refractivity contribution in [1.29, 1.82) is 0 Å². The largest absolute Gasteiger partial charge is 0.481 e. The van der Waals surface area contributed by atoms with E-state index in [-0.39, 0.29) is 11.7 Å². The highest BCUT2D eigenvalue weighted by Gasteiger charge is 2.31. The van der Waals surface area contributed by atoms with Crippen LogP contribution in [-0.2, 0) is 11.2 Å². The Labute approximate surface area is 113 Å². The quantitative estimate of drug-likeness (QED) is 0.895. The summed E-state index contributed by atoms with van der Waals surface area (Å²) in [4.78, 5) is 11.5. The molecule has 0 radical (unpaired) electrons. The number of rotatable bonds is 4. The Morgan fingerprint density at radius 1 is 1.32 bits per heavy atom. The van der Waals surface area contributed by atoms with Crippen LogP contribution in [0.4, 0.5) is 4.39 Å². The minimum absolute atomic E-state index is 0.188. The molecule has 1 unspecified atom stereocenters. The van der Waals surface area contributed by atoms with Gasteiger partial charge in [0, 0.05) is 0 Å². The molecule has 2 rings (SSSR count). The Morgan fingerprint density at radius 3 is 2.53 bits per heavy atom. The Morgan fingerprint density at radius 2 is 1.95 bits per heavy atom. The van der Waals surface area contributed by atoms with Gasteiger partial charge in [0.1, 0.15) is 5.82 Å². The molecule has 1 saturated carbocycles. The summed E-state index contributed by atoms with van der Waals surface area (Å²) in [5.41, 5.74) is 0.522. The molecule has 1 aromatic rings. The third-order valence-electron chi connectivity index (χ3n) is 4.34. The van der Waals surface area contributed by atoms with E-state index in [1.165, 1.54) is 6.07 Å². The first-order valence-electron chi connectivity index (χ1n) is 7.04. The van der Waals surface area contributed by atoms with Crippen LogP contribution in [0.25, 0.3) is 0 Å². The molecule has 19 heavy (non-hydrogen) atoms. The van der Waals surface area contributed by atoms with Gasteiger partial charge < -0.3 is 5.11 Å². The molecule has 0 spiro atoms. The van der Waals surface area contributed by atoms with Crippen LogP contribution in [0.2, 0.25) is 0 Å². The number of aliphatic carboxylic acids is 1. The second-order valence-electron chi connectivity index (χ2n) is 5.76. The number of hydrogen-bond donors (Lipinski definition) is 1. The van der Waals surface area contributed by atoms with E-state index in [9.17, 15) is 14.3 Å². The van der Waals surface area contributed by atoms with Crippen molar-refractivity contribution < 1.29 is 14.3 Å². The van der Waals surface area contributed by atoms with Crippen LogP contribution in [0.3, 0.4) is 0 Å². The number of carbonyl (C=O) groups is 1. The number of carboxylic acid groups (broad SMARTS) is 1. The molecular formula is C16H21FO2. The average Bonchev–Trinajstić information content (AvgIpc) is 2.39. The van der Waals surface area contributed by atoms with Crippen molar-refractivity contribution in [2.45, 2.75) is 39.0 Å². The van der Waals surface area contributed by atoms with Crippen molar-refractivity contribution >= 4 is 5.97 Å². The maximum atomic E-state index is 13.6. The molecular weight excluding hydrogens is 243 g/mol. The molecule has 1 atom stereocenters. The van der Waals surface area contributed by atoms with E-state index < -0.39 is 11.9 Å². The lowest BCUT2D eigenvalue weighted by Gasteiger charge is -2.30. The van der Waals surface area contributed by atoms with Gasteiger partial charge >= 0.3 is 5.97 Å². The van der Waals surface area contributed by atoms with E-state index in [1.54, 1.807) is 18.2 Å². The summed E-state index contributed by atoms with van der Waals surface area (Å²) >= 11 is 0. The van der Waals surface area contributed by atoms with Crippen molar-refractivity contribution in [1.82, 2.24) is 0 Å². The predicted molar refractivity (Wildman–Crippen MR) is 72.4 cm³/mol. The highest BCUT2D eigenvalue weighted by molar-refractivity contribution is 5.70. The number of benzene rings is 1. The van der Waals surface area contributed by atoms with Crippen LogP contribution in [-0.4, -0.2) is 11.1 Å². The van der Waals surface area contributed by atoms with E-state index in [4.69, 9.17) is 0 Å². The van der Waals surface area contributed by atoms with Crippen LogP contribution >= 0.6 is 0 Å². The lowest BCUT2D eigenvalue weighted by molar-refractivity contribution is -0.144.